The van der Waals surface area contributed by atoms with E-state index in [1.165, 1.54) is 17.4 Å². The quantitative estimate of drug-likeness (QED) is 0.722. The molecule has 0 radical (unpaired) electrons. The average molecular weight is 411 g/mol. The van der Waals surface area contributed by atoms with E-state index in [0.29, 0.717) is 0 Å². The fourth-order valence-corrected chi connectivity index (χ4v) is 4.41. The maximum Gasteiger partial charge on any atom is 0.387 e. The minimum atomic E-state index is -3.85. The Balaban J connectivity index is 2.14. The van der Waals surface area contributed by atoms with E-state index in [1.807, 2.05) is 36.5 Å². The first kappa shape index (κ1) is 20.1. The van der Waals surface area contributed by atoms with Crippen LogP contribution in [0.5, 0.6) is 5.75 Å². The second-order valence-electron chi connectivity index (χ2n) is 5.32. The van der Waals surface area contributed by atoms with Crippen LogP contribution in [-0.4, -0.2) is 40.6 Å². The maximum absolute atomic E-state index is 12.4. The van der Waals surface area contributed by atoms with Gasteiger partial charge in [0, 0.05) is 11.4 Å². The highest BCUT2D eigenvalue weighted by Gasteiger charge is 2.21. The number of hydrogen-bond acceptors (Lipinski definition) is 5. The van der Waals surface area contributed by atoms with E-state index in [0.717, 1.165) is 17.0 Å². The average Bonchev–Trinajstić information content (AvgIpc) is 3.02. The highest BCUT2D eigenvalue weighted by atomic mass is 35.5. The standard InChI is InChI=1S/C15H17ClF2N2O3S2/c1-20(2)12(14-4-3-7-24-14)9-19-25(21,22)10-5-6-13(11(16)8-10)23-15(17)18/h3-8,12,15,19H,9H2,1-2H3. The van der Waals surface area contributed by atoms with Crippen molar-refractivity contribution in [1.29, 1.82) is 0 Å². The van der Waals surface area contributed by atoms with E-state index >= 15 is 0 Å². The van der Waals surface area contributed by atoms with E-state index in [-0.39, 0.29) is 28.3 Å². The molecule has 1 heterocycles. The van der Waals surface area contributed by atoms with E-state index in [4.69, 9.17) is 11.6 Å². The van der Waals surface area contributed by atoms with Crippen molar-refractivity contribution >= 4 is 33.0 Å². The van der Waals surface area contributed by atoms with Crippen LogP contribution in [0.2, 0.25) is 5.02 Å². The Morgan fingerprint density at radius 3 is 2.56 bits per heavy atom. The molecule has 0 aliphatic heterocycles. The second kappa shape index (κ2) is 8.41. The summed E-state index contributed by atoms with van der Waals surface area (Å²) in [5.41, 5.74) is 0. The third kappa shape index (κ3) is 5.35. The summed E-state index contributed by atoms with van der Waals surface area (Å²) in [5.74, 6) is -0.277. The van der Waals surface area contributed by atoms with E-state index in [9.17, 15) is 17.2 Å². The zero-order valence-corrected chi connectivity index (χ0v) is 15.8. The molecular formula is C15H17ClF2N2O3S2. The Labute approximate surface area is 154 Å². The Kier molecular flexibility index (Phi) is 6.75. The molecule has 1 atom stereocenters. The molecule has 2 aromatic rings. The van der Waals surface area contributed by atoms with Crippen LogP contribution in [0.4, 0.5) is 8.78 Å². The van der Waals surface area contributed by atoms with Gasteiger partial charge < -0.3 is 9.64 Å². The molecule has 1 unspecified atom stereocenters. The number of ether oxygens (including phenoxy) is 1. The first-order valence-electron chi connectivity index (χ1n) is 7.14. The first-order chi connectivity index (χ1) is 11.7. The number of benzene rings is 1. The van der Waals surface area contributed by atoms with Crippen LogP contribution in [0.3, 0.4) is 0 Å². The van der Waals surface area contributed by atoms with Gasteiger partial charge >= 0.3 is 6.61 Å². The van der Waals surface area contributed by atoms with Gasteiger partial charge in [0.15, 0.2) is 0 Å². The van der Waals surface area contributed by atoms with E-state index < -0.39 is 16.6 Å². The normalized spacial score (nSPS) is 13.4. The zero-order valence-electron chi connectivity index (χ0n) is 13.4. The Hall–Kier alpha value is -1.26. The van der Waals surface area contributed by atoms with Gasteiger partial charge in [-0.15, -0.1) is 11.3 Å². The van der Waals surface area contributed by atoms with Crippen molar-refractivity contribution < 1.29 is 21.9 Å². The maximum atomic E-state index is 12.4. The topological polar surface area (TPSA) is 58.6 Å². The molecule has 1 aromatic carbocycles. The van der Waals surface area contributed by atoms with Crippen molar-refractivity contribution in [1.82, 2.24) is 9.62 Å². The number of hydrogen-bond donors (Lipinski definition) is 1. The van der Waals surface area contributed by atoms with Crippen molar-refractivity contribution in [3.8, 4) is 5.75 Å². The summed E-state index contributed by atoms with van der Waals surface area (Å²) in [5, 5.41) is 1.72. The van der Waals surface area contributed by atoms with Gasteiger partial charge in [-0.25, -0.2) is 13.1 Å². The number of thiophene rings is 1. The van der Waals surface area contributed by atoms with E-state index in [1.54, 1.807) is 0 Å². The molecule has 138 valence electrons. The molecule has 2 rings (SSSR count). The first-order valence-corrected chi connectivity index (χ1v) is 9.88. The monoisotopic (exact) mass is 410 g/mol. The number of nitrogens with one attached hydrogen (secondary N) is 1. The van der Waals surface area contributed by atoms with Crippen LogP contribution < -0.4 is 9.46 Å². The van der Waals surface area contributed by atoms with Gasteiger partial charge in [0.05, 0.1) is 16.0 Å². The number of nitrogens with zero attached hydrogens (tertiary/aromatic N) is 1. The van der Waals surface area contributed by atoms with Crippen LogP contribution in [0.15, 0.2) is 40.6 Å². The van der Waals surface area contributed by atoms with Crippen LogP contribution in [0.25, 0.3) is 0 Å². The SMILES string of the molecule is CN(C)C(CNS(=O)(=O)c1ccc(OC(F)F)c(Cl)c1)c1cccs1. The van der Waals surface area contributed by atoms with Gasteiger partial charge in [0.2, 0.25) is 10.0 Å². The summed E-state index contributed by atoms with van der Waals surface area (Å²) in [7, 11) is -0.141. The van der Waals surface area contributed by atoms with Crippen molar-refractivity contribution in [3.05, 3.63) is 45.6 Å². The van der Waals surface area contributed by atoms with Crippen molar-refractivity contribution in [2.75, 3.05) is 20.6 Å². The number of sulfonamides is 1. The molecule has 0 fully saturated rings. The summed E-state index contributed by atoms with van der Waals surface area (Å²) in [4.78, 5) is 2.80. The summed E-state index contributed by atoms with van der Waals surface area (Å²) in [6.45, 7) is -2.88. The molecular weight excluding hydrogens is 394 g/mol. The molecule has 1 aromatic heterocycles. The fourth-order valence-electron chi connectivity index (χ4n) is 2.13. The predicted molar refractivity (Wildman–Crippen MR) is 94.0 cm³/mol. The van der Waals surface area contributed by atoms with Gasteiger partial charge in [-0.3, -0.25) is 0 Å². The third-order valence-corrected chi connectivity index (χ3v) is 6.08. The molecule has 0 saturated carbocycles. The molecule has 10 heteroatoms. The van der Waals surface area contributed by atoms with Gasteiger partial charge in [-0.2, -0.15) is 8.78 Å². The number of halogens is 3. The van der Waals surface area contributed by atoms with Crippen LogP contribution in [0.1, 0.15) is 10.9 Å². The molecule has 5 nitrogen and oxygen atoms in total. The number of alkyl halides is 2. The Morgan fingerprint density at radius 1 is 1.32 bits per heavy atom. The highest BCUT2D eigenvalue weighted by molar-refractivity contribution is 7.89. The smallest absolute Gasteiger partial charge is 0.387 e. The van der Waals surface area contributed by atoms with Crippen LogP contribution in [0, 0.1) is 0 Å². The predicted octanol–water partition coefficient (Wildman–Crippen LogP) is 3.58. The van der Waals surface area contributed by atoms with Crippen molar-refractivity contribution in [2.45, 2.75) is 17.5 Å². The molecule has 0 saturated heterocycles. The van der Waals surface area contributed by atoms with Crippen molar-refractivity contribution in [2.24, 2.45) is 0 Å². The Bertz CT molecular complexity index is 799. The van der Waals surface area contributed by atoms with Crippen molar-refractivity contribution in [3.63, 3.8) is 0 Å². The van der Waals surface area contributed by atoms with E-state index in [2.05, 4.69) is 9.46 Å². The molecule has 0 amide bonds. The van der Waals surface area contributed by atoms with Crippen LogP contribution in [-0.2, 0) is 10.0 Å². The van der Waals surface area contributed by atoms with Gasteiger partial charge in [-0.1, -0.05) is 17.7 Å². The molecule has 0 aliphatic carbocycles. The Morgan fingerprint density at radius 2 is 2.04 bits per heavy atom. The summed E-state index contributed by atoms with van der Waals surface area (Å²) < 4.78 is 56.1. The molecule has 25 heavy (non-hydrogen) atoms. The van der Waals surface area contributed by atoms with Gasteiger partial charge in [0.1, 0.15) is 5.75 Å². The lowest BCUT2D eigenvalue weighted by Gasteiger charge is -2.23. The fraction of sp³-hybridized carbons (Fsp3) is 0.333. The minimum absolute atomic E-state index is 0.122. The summed E-state index contributed by atoms with van der Waals surface area (Å²) in [6, 6.07) is 7.04. The lowest BCUT2D eigenvalue weighted by atomic mass is 10.2. The number of likely N-dealkylation sites (N-methyl/N-ethyl adjacent to an activating group) is 1. The lowest BCUT2D eigenvalue weighted by molar-refractivity contribution is -0.0498. The highest BCUT2D eigenvalue weighted by Crippen LogP contribution is 2.29. The number of rotatable bonds is 8. The lowest BCUT2D eigenvalue weighted by Crippen LogP contribution is -2.34. The van der Waals surface area contributed by atoms with Gasteiger partial charge in [-0.05, 0) is 43.7 Å². The molecule has 0 aliphatic rings. The summed E-state index contributed by atoms with van der Waals surface area (Å²) >= 11 is 7.35. The van der Waals surface area contributed by atoms with Crippen LogP contribution >= 0.6 is 22.9 Å². The van der Waals surface area contributed by atoms with Gasteiger partial charge in [0.25, 0.3) is 0 Å². The third-order valence-electron chi connectivity index (χ3n) is 3.39. The second-order valence-corrected chi connectivity index (χ2v) is 8.47. The molecule has 1 N–H and O–H groups in total. The largest absolute Gasteiger partial charge is 0.433 e. The zero-order chi connectivity index (χ0) is 18.6. The summed E-state index contributed by atoms with van der Waals surface area (Å²) in [6.07, 6.45) is 0. The molecule has 0 spiro atoms. The molecule has 0 bridgehead atoms. The minimum Gasteiger partial charge on any atom is -0.433 e.